The van der Waals surface area contributed by atoms with Gasteiger partial charge in [-0.05, 0) is 25.2 Å². The van der Waals surface area contributed by atoms with E-state index in [1.165, 1.54) is 29.7 Å². The van der Waals surface area contributed by atoms with Crippen molar-refractivity contribution < 1.29 is 0 Å². The second-order valence-electron chi connectivity index (χ2n) is 3.05. The normalized spacial score (nSPS) is 25.8. The minimum atomic E-state index is 0.689. The molecule has 1 aromatic heterocycles. The topological polar surface area (TPSA) is 43.1 Å². The van der Waals surface area contributed by atoms with Gasteiger partial charge in [0, 0.05) is 5.71 Å². The first-order chi connectivity index (χ1) is 5.90. The number of aromatic nitrogens is 3. The number of hydrogen-bond acceptors (Lipinski definition) is 3. The Balaban J connectivity index is 2.09. The second kappa shape index (κ2) is 3.05. The van der Waals surface area contributed by atoms with Crippen molar-refractivity contribution in [1.29, 1.82) is 0 Å². The van der Waals surface area contributed by atoms with Crippen molar-refractivity contribution in [3.8, 4) is 0 Å². The highest BCUT2D eigenvalue weighted by Gasteiger charge is 2.24. The SMILES string of the molecule is CCC1CC/C1=N/n1cncn1. The van der Waals surface area contributed by atoms with E-state index in [2.05, 4.69) is 22.1 Å². The molecule has 0 N–H and O–H groups in total. The van der Waals surface area contributed by atoms with Crippen LogP contribution in [0.5, 0.6) is 0 Å². The molecule has 0 bridgehead atoms. The fraction of sp³-hybridized carbons (Fsp3) is 0.625. The zero-order chi connectivity index (χ0) is 8.39. The highest BCUT2D eigenvalue weighted by Crippen LogP contribution is 2.26. The summed E-state index contributed by atoms with van der Waals surface area (Å²) in [6, 6.07) is 0. The average Bonchev–Trinajstić information content (AvgIpc) is 2.51. The van der Waals surface area contributed by atoms with Crippen LogP contribution in [0, 0.1) is 5.92 Å². The van der Waals surface area contributed by atoms with Crippen LogP contribution in [-0.2, 0) is 0 Å². The molecular weight excluding hydrogens is 152 g/mol. The van der Waals surface area contributed by atoms with Crippen LogP contribution < -0.4 is 0 Å². The molecule has 1 unspecified atom stereocenters. The molecule has 4 heteroatoms. The molecule has 0 aromatic carbocycles. The Bertz CT molecular complexity index is 273. The lowest BCUT2D eigenvalue weighted by atomic mass is 9.81. The maximum absolute atomic E-state index is 4.34. The van der Waals surface area contributed by atoms with Crippen LogP contribution in [0.25, 0.3) is 0 Å². The Kier molecular flexibility index (Phi) is 1.89. The molecule has 0 aliphatic heterocycles. The lowest BCUT2D eigenvalue weighted by Gasteiger charge is -2.26. The van der Waals surface area contributed by atoms with E-state index in [-0.39, 0.29) is 0 Å². The Morgan fingerprint density at radius 2 is 2.67 bits per heavy atom. The summed E-state index contributed by atoms with van der Waals surface area (Å²) < 4.78 is 0. The summed E-state index contributed by atoms with van der Waals surface area (Å²) in [7, 11) is 0. The molecule has 1 fully saturated rings. The maximum atomic E-state index is 4.34. The summed E-state index contributed by atoms with van der Waals surface area (Å²) in [6.07, 6.45) is 6.72. The first-order valence-corrected chi connectivity index (χ1v) is 4.32. The van der Waals surface area contributed by atoms with E-state index in [1.807, 2.05) is 0 Å². The van der Waals surface area contributed by atoms with E-state index in [9.17, 15) is 0 Å². The van der Waals surface area contributed by atoms with E-state index < -0.39 is 0 Å². The Labute approximate surface area is 71.3 Å². The standard InChI is InChI=1S/C8H12N4/c1-2-7-3-4-8(7)11-12-6-9-5-10-12/h5-7H,2-4H2,1H3/b11-8-. The van der Waals surface area contributed by atoms with Crippen LogP contribution in [0.15, 0.2) is 17.8 Å². The van der Waals surface area contributed by atoms with Crippen molar-refractivity contribution >= 4 is 5.71 Å². The molecule has 1 saturated carbocycles. The monoisotopic (exact) mass is 164 g/mol. The smallest absolute Gasteiger partial charge is 0.139 e. The molecule has 0 radical (unpaired) electrons. The van der Waals surface area contributed by atoms with Crippen molar-refractivity contribution in [3.05, 3.63) is 12.7 Å². The Morgan fingerprint density at radius 3 is 3.17 bits per heavy atom. The first kappa shape index (κ1) is 7.46. The van der Waals surface area contributed by atoms with Crippen molar-refractivity contribution in [1.82, 2.24) is 14.9 Å². The van der Waals surface area contributed by atoms with Crippen LogP contribution in [-0.4, -0.2) is 20.6 Å². The van der Waals surface area contributed by atoms with Crippen molar-refractivity contribution in [3.63, 3.8) is 0 Å². The lowest BCUT2D eigenvalue weighted by Crippen LogP contribution is -2.26. The molecule has 4 nitrogen and oxygen atoms in total. The molecule has 1 atom stereocenters. The third-order valence-electron chi connectivity index (χ3n) is 2.35. The summed E-state index contributed by atoms with van der Waals surface area (Å²) in [5, 5.41) is 8.26. The molecular formula is C8H12N4. The largest absolute Gasteiger partial charge is 0.221 e. The van der Waals surface area contributed by atoms with E-state index in [0.717, 1.165) is 6.42 Å². The Hall–Kier alpha value is -1.19. The molecule has 1 aromatic rings. The van der Waals surface area contributed by atoms with E-state index in [4.69, 9.17) is 0 Å². The van der Waals surface area contributed by atoms with Crippen molar-refractivity contribution in [2.24, 2.45) is 11.0 Å². The van der Waals surface area contributed by atoms with Crippen LogP contribution >= 0.6 is 0 Å². The molecule has 64 valence electrons. The fourth-order valence-corrected chi connectivity index (χ4v) is 1.43. The highest BCUT2D eigenvalue weighted by atomic mass is 15.5. The maximum Gasteiger partial charge on any atom is 0.139 e. The number of hydrogen-bond donors (Lipinski definition) is 0. The molecule has 12 heavy (non-hydrogen) atoms. The number of rotatable bonds is 2. The summed E-state index contributed by atoms with van der Waals surface area (Å²) in [5.74, 6) is 0.689. The quantitative estimate of drug-likeness (QED) is 0.661. The van der Waals surface area contributed by atoms with Gasteiger partial charge >= 0.3 is 0 Å². The first-order valence-electron chi connectivity index (χ1n) is 4.32. The van der Waals surface area contributed by atoms with E-state index in [1.54, 1.807) is 6.33 Å². The van der Waals surface area contributed by atoms with Gasteiger partial charge in [-0.25, -0.2) is 4.98 Å². The van der Waals surface area contributed by atoms with Gasteiger partial charge in [-0.2, -0.15) is 5.10 Å². The van der Waals surface area contributed by atoms with Crippen LogP contribution in [0.1, 0.15) is 26.2 Å². The molecule has 2 rings (SSSR count). The summed E-state index contributed by atoms with van der Waals surface area (Å²) in [5.41, 5.74) is 1.27. The minimum Gasteiger partial charge on any atom is -0.221 e. The van der Waals surface area contributed by atoms with Crippen LogP contribution in [0.3, 0.4) is 0 Å². The van der Waals surface area contributed by atoms with Gasteiger partial charge in [0.05, 0.1) is 0 Å². The van der Waals surface area contributed by atoms with Crippen molar-refractivity contribution in [2.75, 3.05) is 0 Å². The lowest BCUT2D eigenvalue weighted by molar-refractivity contribution is 0.523. The second-order valence-corrected chi connectivity index (χ2v) is 3.05. The van der Waals surface area contributed by atoms with Gasteiger partial charge in [0.1, 0.15) is 12.7 Å². The number of nitrogens with zero attached hydrogens (tertiary/aromatic N) is 4. The molecule has 1 aliphatic rings. The van der Waals surface area contributed by atoms with E-state index >= 15 is 0 Å². The predicted molar refractivity (Wildman–Crippen MR) is 45.9 cm³/mol. The summed E-state index contributed by atoms with van der Waals surface area (Å²) in [6.45, 7) is 2.20. The van der Waals surface area contributed by atoms with Crippen molar-refractivity contribution in [2.45, 2.75) is 26.2 Å². The highest BCUT2D eigenvalue weighted by molar-refractivity contribution is 5.91. The molecule has 0 amide bonds. The predicted octanol–water partition coefficient (Wildman–Crippen LogP) is 1.30. The van der Waals surface area contributed by atoms with Gasteiger partial charge in [0.25, 0.3) is 0 Å². The van der Waals surface area contributed by atoms with Gasteiger partial charge in [-0.3, -0.25) is 0 Å². The van der Waals surface area contributed by atoms with E-state index in [0.29, 0.717) is 5.92 Å². The average molecular weight is 164 g/mol. The zero-order valence-electron chi connectivity index (χ0n) is 7.14. The van der Waals surface area contributed by atoms with Gasteiger partial charge in [-0.1, -0.05) is 6.92 Å². The molecule has 0 spiro atoms. The van der Waals surface area contributed by atoms with Gasteiger partial charge in [-0.15, -0.1) is 9.89 Å². The van der Waals surface area contributed by atoms with Gasteiger partial charge in [0.2, 0.25) is 0 Å². The van der Waals surface area contributed by atoms with Crippen LogP contribution in [0.2, 0.25) is 0 Å². The summed E-state index contributed by atoms with van der Waals surface area (Å²) >= 11 is 0. The van der Waals surface area contributed by atoms with Gasteiger partial charge in [0.15, 0.2) is 0 Å². The molecule has 1 heterocycles. The molecule has 1 aliphatic carbocycles. The third-order valence-corrected chi connectivity index (χ3v) is 2.35. The molecule has 0 saturated heterocycles. The third kappa shape index (κ3) is 1.24. The van der Waals surface area contributed by atoms with Gasteiger partial charge < -0.3 is 0 Å². The van der Waals surface area contributed by atoms with Crippen LogP contribution in [0.4, 0.5) is 0 Å². The Morgan fingerprint density at radius 1 is 1.75 bits per heavy atom. The minimum absolute atomic E-state index is 0.689. The summed E-state index contributed by atoms with van der Waals surface area (Å²) in [4.78, 5) is 5.37. The fourth-order valence-electron chi connectivity index (χ4n) is 1.43. The zero-order valence-corrected chi connectivity index (χ0v) is 7.14.